The van der Waals surface area contributed by atoms with Crippen LogP contribution in [0.3, 0.4) is 0 Å². The summed E-state index contributed by atoms with van der Waals surface area (Å²) in [5.74, 6) is 2.09. The molecular formula is C41H55NO4Si. The van der Waals surface area contributed by atoms with Crippen LogP contribution >= 0.6 is 0 Å². The molecule has 0 heterocycles. The van der Waals surface area contributed by atoms with Crippen LogP contribution in [0.1, 0.15) is 81.5 Å². The molecule has 3 aromatic rings. The Hall–Kier alpha value is -3.22. The first kappa shape index (κ1) is 35.1. The first-order valence-corrected chi connectivity index (χ1v) is 20.4. The van der Waals surface area contributed by atoms with Gasteiger partial charge in [-0.2, -0.15) is 0 Å². The van der Waals surface area contributed by atoms with E-state index in [1.807, 2.05) is 24.3 Å². The average molecular weight is 654 g/mol. The number of carbonyl (C=O) groups excluding carboxylic acids is 1. The molecule has 5 rings (SSSR count). The minimum atomic E-state index is -1.88. The molecular weight excluding hydrogens is 599 g/mol. The molecule has 0 amide bonds. The number of methoxy groups -OCH3 is 1. The van der Waals surface area contributed by atoms with Gasteiger partial charge in [0.25, 0.3) is 0 Å². The zero-order chi connectivity index (χ0) is 33.7. The van der Waals surface area contributed by atoms with Crippen LogP contribution in [-0.2, 0) is 33.4 Å². The Morgan fingerprint density at radius 1 is 1.00 bits per heavy atom. The van der Waals surface area contributed by atoms with E-state index in [0.717, 1.165) is 50.0 Å². The van der Waals surface area contributed by atoms with Gasteiger partial charge in [-0.25, -0.2) is 4.79 Å². The lowest BCUT2D eigenvalue weighted by Gasteiger charge is -2.51. The second-order valence-electron chi connectivity index (χ2n) is 15.5. The number of aliphatic imine (C=N–C) groups is 1. The second kappa shape index (κ2) is 14.9. The summed E-state index contributed by atoms with van der Waals surface area (Å²) in [4.78, 5) is 17.9. The summed E-state index contributed by atoms with van der Waals surface area (Å²) in [5, 5.41) is 0.169. The van der Waals surface area contributed by atoms with Gasteiger partial charge < -0.3 is 13.9 Å². The number of rotatable bonds is 12. The first-order valence-electron chi connectivity index (χ1n) is 17.5. The quantitative estimate of drug-likeness (QED) is 0.111. The van der Waals surface area contributed by atoms with E-state index in [1.165, 1.54) is 23.8 Å². The molecule has 2 aliphatic rings. The maximum atomic E-state index is 12.9. The third kappa shape index (κ3) is 8.44. The summed E-state index contributed by atoms with van der Waals surface area (Å²) < 4.78 is 18.2. The van der Waals surface area contributed by atoms with Gasteiger partial charge in [0.15, 0.2) is 14.4 Å². The van der Waals surface area contributed by atoms with Crippen molar-refractivity contribution in [3.05, 3.63) is 101 Å². The van der Waals surface area contributed by atoms with Crippen molar-refractivity contribution in [1.82, 2.24) is 0 Å². The third-order valence-corrected chi connectivity index (χ3v) is 15.9. The number of hydrogen-bond donors (Lipinski definition) is 0. The minimum Gasteiger partial charge on any atom is -0.489 e. The summed E-state index contributed by atoms with van der Waals surface area (Å²) in [6, 6.07) is 26.7. The Bertz CT molecular complexity index is 1500. The van der Waals surface area contributed by atoms with Crippen molar-refractivity contribution in [3.63, 3.8) is 0 Å². The van der Waals surface area contributed by atoms with E-state index in [-0.39, 0.29) is 16.4 Å². The normalized spacial score (nSPS) is 23.5. The summed E-state index contributed by atoms with van der Waals surface area (Å²) >= 11 is 0. The van der Waals surface area contributed by atoms with Crippen molar-refractivity contribution in [1.29, 1.82) is 0 Å². The molecule has 0 saturated heterocycles. The maximum absolute atomic E-state index is 12.9. The topological polar surface area (TPSA) is 57.1 Å². The van der Waals surface area contributed by atoms with Gasteiger partial charge >= 0.3 is 5.97 Å². The molecule has 252 valence electrons. The summed E-state index contributed by atoms with van der Waals surface area (Å²) in [6.07, 6.45) is 7.97. The van der Waals surface area contributed by atoms with E-state index in [2.05, 4.69) is 102 Å². The molecule has 0 radical (unpaired) electrons. The second-order valence-corrected chi connectivity index (χ2v) is 20.3. The molecule has 6 heteroatoms. The highest BCUT2D eigenvalue weighted by molar-refractivity contribution is 6.74. The highest BCUT2D eigenvalue weighted by Crippen LogP contribution is 2.55. The van der Waals surface area contributed by atoms with Gasteiger partial charge in [-0.05, 0) is 102 Å². The molecule has 47 heavy (non-hydrogen) atoms. The highest BCUT2D eigenvalue weighted by atomic mass is 28.4. The molecule has 5 atom stereocenters. The van der Waals surface area contributed by atoms with Gasteiger partial charge in [-0.3, -0.25) is 4.99 Å². The van der Waals surface area contributed by atoms with E-state index in [9.17, 15) is 4.79 Å². The van der Waals surface area contributed by atoms with Gasteiger partial charge in [0.05, 0.1) is 7.11 Å². The monoisotopic (exact) mass is 653 g/mol. The molecule has 0 spiro atoms. The summed E-state index contributed by atoms with van der Waals surface area (Å²) in [5.41, 5.74) is 5.04. The molecule has 0 aromatic heterocycles. The fourth-order valence-electron chi connectivity index (χ4n) is 7.53. The van der Waals surface area contributed by atoms with Crippen LogP contribution in [0.4, 0.5) is 0 Å². The average Bonchev–Trinajstić information content (AvgIpc) is 3.06. The van der Waals surface area contributed by atoms with Crippen LogP contribution in [0.5, 0.6) is 5.75 Å². The molecule has 0 N–H and O–H groups in total. The number of carbonyl (C=O) groups is 1. The van der Waals surface area contributed by atoms with Crippen LogP contribution in [0, 0.1) is 17.3 Å². The fourth-order valence-corrected chi connectivity index (χ4v) is 8.59. The van der Waals surface area contributed by atoms with Crippen molar-refractivity contribution in [3.8, 4) is 5.75 Å². The Morgan fingerprint density at radius 2 is 1.68 bits per heavy atom. The SMILES string of the molecule is COC(=O)[C@H](Cc1ccccc1)N=C[C@@]1(C)CC[C@@H]2c3ccc(OCc4ccccc4)cc3CC[C@H]2[C@@H]1CCO[Si](C)(C)C(C)(C)C. The molecule has 5 nitrogen and oxygen atoms in total. The van der Waals surface area contributed by atoms with Crippen molar-refractivity contribution in [2.75, 3.05) is 13.7 Å². The predicted octanol–water partition coefficient (Wildman–Crippen LogP) is 9.59. The lowest BCUT2D eigenvalue weighted by atomic mass is 9.54. The summed E-state index contributed by atoms with van der Waals surface area (Å²) in [7, 11) is -0.424. The number of hydrogen-bond acceptors (Lipinski definition) is 5. The molecule has 0 bridgehead atoms. The van der Waals surface area contributed by atoms with E-state index < -0.39 is 14.4 Å². The third-order valence-electron chi connectivity index (χ3n) is 11.4. The van der Waals surface area contributed by atoms with E-state index >= 15 is 0 Å². The molecule has 0 aliphatic heterocycles. The molecule has 0 unspecified atom stereocenters. The van der Waals surface area contributed by atoms with E-state index in [0.29, 0.717) is 30.8 Å². The van der Waals surface area contributed by atoms with Crippen LogP contribution < -0.4 is 4.74 Å². The Labute approximate surface area is 284 Å². The van der Waals surface area contributed by atoms with Crippen molar-refractivity contribution in [2.45, 2.75) is 103 Å². The number of fused-ring (bicyclic) bond motifs is 3. The molecule has 3 aromatic carbocycles. The lowest BCUT2D eigenvalue weighted by molar-refractivity contribution is -0.142. The standard InChI is InChI=1S/C41H55NO4Si/c1-40(2,3)47(6,7)46-25-23-37-36-20-18-32-27-33(45-28-31-16-12-9-13-17-31)19-21-34(32)35(36)22-24-41(37,4)29-42-38(39(43)44-5)26-30-14-10-8-11-15-30/h8-17,19,21,27,29,35-38H,18,20,22-26,28H2,1-7H3/t35-,36-,37+,38+,41-/m1/s1. The van der Waals surface area contributed by atoms with E-state index in [4.69, 9.17) is 18.9 Å². The largest absolute Gasteiger partial charge is 0.489 e. The number of ether oxygens (including phenoxy) is 2. The summed E-state index contributed by atoms with van der Waals surface area (Å²) in [6.45, 7) is 15.3. The van der Waals surface area contributed by atoms with Crippen molar-refractivity contribution >= 4 is 20.5 Å². The highest BCUT2D eigenvalue weighted by Gasteiger charge is 2.48. The smallest absolute Gasteiger partial charge is 0.330 e. The number of aryl methyl sites for hydroxylation is 1. The predicted molar refractivity (Wildman–Crippen MR) is 195 cm³/mol. The number of benzene rings is 3. The Balaban J connectivity index is 1.38. The van der Waals surface area contributed by atoms with Crippen molar-refractivity contribution < 1.29 is 18.7 Å². The van der Waals surface area contributed by atoms with Gasteiger partial charge in [0, 0.05) is 24.7 Å². The van der Waals surface area contributed by atoms with Crippen LogP contribution in [0.25, 0.3) is 0 Å². The molecule has 1 saturated carbocycles. The van der Waals surface area contributed by atoms with Crippen LogP contribution in [0.2, 0.25) is 18.1 Å². The number of nitrogens with zero attached hydrogens (tertiary/aromatic N) is 1. The zero-order valence-corrected chi connectivity index (χ0v) is 30.6. The molecule has 2 aliphatic carbocycles. The maximum Gasteiger partial charge on any atom is 0.330 e. The Morgan fingerprint density at radius 3 is 2.34 bits per heavy atom. The fraction of sp³-hybridized carbons (Fsp3) is 0.512. The Kier molecular flexibility index (Phi) is 11.1. The van der Waals surface area contributed by atoms with Gasteiger partial charge in [0.1, 0.15) is 12.4 Å². The zero-order valence-electron chi connectivity index (χ0n) is 29.6. The van der Waals surface area contributed by atoms with Gasteiger partial charge in [-0.1, -0.05) is 94.4 Å². The van der Waals surface area contributed by atoms with Crippen LogP contribution in [0.15, 0.2) is 83.9 Å². The molecule has 1 fully saturated rings. The van der Waals surface area contributed by atoms with Crippen molar-refractivity contribution in [2.24, 2.45) is 22.2 Å². The minimum absolute atomic E-state index is 0.142. The van der Waals surface area contributed by atoms with Gasteiger partial charge in [0.2, 0.25) is 0 Å². The lowest BCUT2D eigenvalue weighted by Crippen LogP contribution is -2.46. The first-order chi connectivity index (χ1) is 22.4. The van der Waals surface area contributed by atoms with Crippen LogP contribution in [-0.4, -0.2) is 40.3 Å². The number of esters is 1. The van der Waals surface area contributed by atoms with E-state index in [1.54, 1.807) is 0 Å². The van der Waals surface area contributed by atoms with Gasteiger partial charge in [-0.15, -0.1) is 0 Å².